The average molecular weight is 292 g/mol. The van der Waals surface area contributed by atoms with Gasteiger partial charge in [-0.25, -0.2) is 0 Å². The molecule has 114 valence electrons. The number of carbonyl (C=O) groups excluding carboxylic acids is 2. The third-order valence-electron chi connectivity index (χ3n) is 3.62. The SMILES string of the molecule is COc1ccc(NC(=O)C(=O)NC[C@](C)(O)C2CC2)cc1. The Morgan fingerprint density at radius 2 is 1.90 bits per heavy atom. The molecule has 0 unspecified atom stereocenters. The molecule has 0 aliphatic heterocycles. The van der Waals surface area contributed by atoms with Crippen molar-refractivity contribution in [3.63, 3.8) is 0 Å². The maximum atomic E-state index is 11.7. The minimum absolute atomic E-state index is 0.0759. The van der Waals surface area contributed by atoms with E-state index in [1.807, 2.05) is 0 Å². The van der Waals surface area contributed by atoms with Gasteiger partial charge in [0.25, 0.3) is 0 Å². The molecule has 0 spiro atoms. The van der Waals surface area contributed by atoms with E-state index >= 15 is 0 Å². The maximum Gasteiger partial charge on any atom is 0.313 e. The van der Waals surface area contributed by atoms with Gasteiger partial charge in [0, 0.05) is 12.2 Å². The molecule has 6 nitrogen and oxygen atoms in total. The second-order valence-electron chi connectivity index (χ2n) is 5.50. The van der Waals surface area contributed by atoms with Gasteiger partial charge >= 0.3 is 11.8 Å². The van der Waals surface area contributed by atoms with E-state index < -0.39 is 17.4 Å². The Hall–Kier alpha value is -2.08. The summed E-state index contributed by atoms with van der Waals surface area (Å²) in [5.41, 5.74) is -0.444. The second kappa shape index (κ2) is 6.13. The fraction of sp³-hybridized carbons (Fsp3) is 0.467. The summed E-state index contributed by atoms with van der Waals surface area (Å²) in [5.74, 6) is -0.640. The van der Waals surface area contributed by atoms with Crippen LogP contribution in [0, 0.1) is 5.92 Å². The van der Waals surface area contributed by atoms with Gasteiger partial charge in [0.1, 0.15) is 5.75 Å². The molecule has 0 bridgehead atoms. The molecule has 3 N–H and O–H groups in total. The molecule has 1 aliphatic rings. The van der Waals surface area contributed by atoms with E-state index in [0.29, 0.717) is 11.4 Å². The van der Waals surface area contributed by atoms with E-state index in [1.54, 1.807) is 38.3 Å². The number of carbonyl (C=O) groups is 2. The molecule has 0 heterocycles. The highest BCUT2D eigenvalue weighted by molar-refractivity contribution is 6.39. The Balaban J connectivity index is 1.82. The molecular formula is C15H20N2O4. The molecule has 1 aromatic rings. The molecule has 1 atom stereocenters. The highest BCUT2D eigenvalue weighted by Crippen LogP contribution is 2.38. The van der Waals surface area contributed by atoms with Crippen LogP contribution in [0.3, 0.4) is 0 Å². The van der Waals surface area contributed by atoms with Gasteiger partial charge < -0.3 is 20.5 Å². The third-order valence-corrected chi connectivity index (χ3v) is 3.62. The third kappa shape index (κ3) is 4.19. The molecule has 6 heteroatoms. The topological polar surface area (TPSA) is 87.7 Å². The highest BCUT2D eigenvalue weighted by Gasteiger charge is 2.40. The molecule has 0 radical (unpaired) electrons. The van der Waals surface area contributed by atoms with Crippen molar-refractivity contribution in [3.8, 4) is 5.75 Å². The van der Waals surface area contributed by atoms with Crippen molar-refractivity contribution in [2.24, 2.45) is 5.92 Å². The van der Waals surface area contributed by atoms with Crippen molar-refractivity contribution in [2.75, 3.05) is 19.0 Å². The molecule has 1 aromatic carbocycles. The molecule has 0 aromatic heterocycles. The monoisotopic (exact) mass is 292 g/mol. The molecule has 0 saturated heterocycles. The molecule has 1 fully saturated rings. The Bertz CT molecular complexity index is 521. The van der Waals surface area contributed by atoms with E-state index in [-0.39, 0.29) is 12.5 Å². The smallest absolute Gasteiger partial charge is 0.313 e. The van der Waals surface area contributed by atoms with Crippen LogP contribution in [0.25, 0.3) is 0 Å². The van der Waals surface area contributed by atoms with Crippen LogP contribution in [0.4, 0.5) is 5.69 Å². The Morgan fingerprint density at radius 1 is 1.29 bits per heavy atom. The molecule has 2 amide bonds. The van der Waals surface area contributed by atoms with Crippen LogP contribution in [0.15, 0.2) is 24.3 Å². The first-order valence-electron chi connectivity index (χ1n) is 6.88. The summed E-state index contributed by atoms with van der Waals surface area (Å²) in [7, 11) is 1.55. The van der Waals surface area contributed by atoms with E-state index in [0.717, 1.165) is 12.8 Å². The first-order valence-corrected chi connectivity index (χ1v) is 6.88. The number of methoxy groups -OCH3 is 1. The normalized spacial score (nSPS) is 16.7. The molecule has 1 aliphatic carbocycles. The standard InChI is InChI=1S/C15H20N2O4/c1-15(20,10-3-4-10)9-16-13(18)14(19)17-11-5-7-12(21-2)8-6-11/h5-8,10,20H,3-4,9H2,1-2H3,(H,16,18)(H,17,19)/t15-/m0/s1. The van der Waals surface area contributed by atoms with Crippen LogP contribution in [0.2, 0.25) is 0 Å². The summed E-state index contributed by atoms with van der Waals surface area (Å²) in [5, 5.41) is 15.0. The van der Waals surface area contributed by atoms with Gasteiger partial charge in [-0.05, 0) is 49.9 Å². The van der Waals surface area contributed by atoms with Crippen molar-refractivity contribution in [3.05, 3.63) is 24.3 Å². The average Bonchev–Trinajstić information content (AvgIpc) is 3.30. The molecule has 2 rings (SSSR count). The molecule has 1 saturated carbocycles. The lowest BCUT2D eigenvalue weighted by Crippen LogP contribution is -2.45. The zero-order valence-corrected chi connectivity index (χ0v) is 12.2. The first kappa shape index (κ1) is 15.3. The summed E-state index contributed by atoms with van der Waals surface area (Å²) >= 11 is 0. The van der Waals surface area contributed by atoms with Crippen LogP contribution in [0.1, 0.15) is 19.8 Å². The Morgan fingerprint density at radius 3 is 2.43 bits per heavy atom. The van der Waals surface area contributed by atoms with Crippen LogP contribution in [-0.2, 0) is 9.59 Å². The largest absolute Gasteiger partial charge is 0.497 e. The van der Waals surface area contributed by atoms with Gasteiger partial charge in [-0.15, -0.1) is 0 Å². The van der Waals surface area contributed by atoms with Gasteiger partial charge in [0.15, 0.2) is 0 Å². The van der Waals surface area contributed by atoms with Crippen molar-refractivity contribution in [2.45, 2.75) is 25.4 Å². The first-order chi connectivity index (χ1) is 9.92. The van der Waals surface area contributed by atoms with Crippen molar-refractivity contribution in [1.29, 1.82) is 0 Å². The lowest BCUT2D eigenvalue weighted by Gasteiger charge is -2.22. The van der Waals surface area contributed by atoms with Crippen LogP contribution < -0.4 is 15.4 Å². The molecule has 21 heavy (non-hydrogen) atoms. The Labute approximate surface area is 123 Å². The lowest BCUT2D eigenvalue weighted by molar-refractivity contribution is -0.136. The van der Waals surface area contributed by atoms with Gasteiger partial charge in [-0.2, -0.15) is 0 Å². The molecular weight excluding hydrogens is 272 g/mol. The van der Waals surface area contributed by atoms with Gasteiger partial charge in [-0.1, -0.05) is 0 Å². The van der Waals surface area contributed by atoms with E-state index in [2.05, 4.69) is 10.6 Å². The highest BCUT2D eigenvalue weighted by atomic mass is 16.5. The minimum atomic E-state index is -0.948. The van der Waals surface area contributed by atoms with E-state index in [9.17, 15) is 14.7 Å². The zero-order valence-electron chi connectivity index (χ0n) is 12.2. The number of anilines is 1. The van der Waals surface area contributed by atoms with Crippen LogP contribution in [0.5, 0.6) is 5.75 Å². The summed E-state index contributed by atoms with van der Waals surface area (Å²) in [4.78, 5) is 23.4. The summed E-state index contributed by atoms with van der Waals surface area (Å²) < 4.78 is 5.01. The number of rotatable bonds is 5. The number of aliphatic hydroxyl groups is 1. The predicted octanol–water partition coefficient (Wildman–Crippen LogP) is 0.911. The van der Waals surface area contributed by atoms with Gasteiger partial charge in [-0.3, -0.25) is 9.59 Å². The van der Waals surface area contributed by atoms with E-state index in [1.165, 1.54) is 0 Å². The minimum Gasteiger partial charge on any atom is -0.497 e. The number of hydrogen-bond donors (Lipinski definition) is 3. The number of nitrogens with one attached hydrogen (secondary N) is 2. The number of benzene rings is 1. The number of ether oxygens (including phenoxy) is 1. The van der Waals surface area contributed by atoms with Gasteiger partial charge in [0.05, 0.1) is 12.7 Å². The van der Waals surface area contributed by atoms with Crippen molar-refractivity contribution >= 4 is 17.5 Å². The fourth-order valence-electron chi connectivity index (χ4n) is 2.05. The van der Waals surface area contributed by atoms with Gasteiger partial charge in [0.2, 0.25) is 0 Å². The quantitative estimate of drug-likeness (QED) is 0.704. The summed E-state index contributed by atoms with van der Waals surface area (Å²) in [6.07, 6.45) is 1.92. The Kier molecular flexibility index (Phi) is 4.47. The number of hydrogen-bond acceptors (Lipinski definition) is 4. The van der Waals surface area contributed by atoms with E-state index in [4.69, 9.17) is 4.74 Å². The fourth-order valence-corrected chi connectivity index (χ4v) is 2.05. The zero-order chi connectivity index (χ0) is 15.5. The summed E-state index contributed by atoms with van der Waals surface area (Å²) in [6, 6.07) is 6.66. The van der Waals surface area contributed by atoms with Crippen LogP contribution >= 0.6 is 0 Å². The lowest BCUT2D eigenvalue weighted by atomic mass is 10.0. The second-order valence-corrected chi connectivity index (χ2v) is 5.50. The number of amides is 2. The summed E-state index contributed by atoms with van der Waals surface area (Å²) in [6.45, 7) is 1.75. The van der Waals surface area contributed by atoms with Crippen molar-refractivity contribution < 1.29 is 19.4 Å². The maximum absolute atomic E-state index is 11.7. The van der Waals surface area contributed by atoms with Crippen LogP contribution in [-0.4, -0.2) is 36.2 Å². The van der Waals surface area contributed by atoms with Crippen molar-refractivity contribution in [1.82, 2.24) is 5.32 Å². The predicted molar refractivity (Wildman–Crippen MR) is 78.0 cm³/mol.